The monoisotopic (exact) mass is 364 g/mol. The standard InChI is InChI=1S/C21H20N2O4/c1-13(24)22-16-10-11-21(12-16,20(25)26)15-8-6-14(7-9-15)19-23-17-4-2-3-5-18(17)27-19/h2-9,16H,10-12H2,1H3,(H,22,24)(H,25,26)/t16-,21+/m0/s1. The van der Waals surface area contributed by atoms with E-state index in [1.165, 1.54) is 6.92 Å². The van der Waals surface area contributed by atoms with Gasteiger partial charge in [0.25, 0.3) is 0 Å². The summed E-state index contributed by atoms with van der Waals surface area (Å²) in [5.41, 5.74) is 2.06. The van der Waals surface area contributed by atoms with E-state index in [0.29, 0.717) is 30.7 Å². The van der Waals surface area contributed by atoms with Crippen molar-refractivity contribution in [2.24, 2.45) is 0 Å². The molecule has 6 heteroatoms. The van der Waals surface area contributed by atoms with Crippen molar-refractivity contribution in [2.45, 2.75) is 37.6 Å². The van der Waals surface area contributed by atoms with Crippen LogP contribution in [-0.2, 0) is 15.0 Å². The molecule has 4 rings (SSSR count). The van der Waals surface area contributed by atoms with Crippen LogP contribution in [0.15, 0.2) is 52.9 Å². The number of amides is 1. The maximum Gasteiger partial charge on any atom is 0.314 e. The summed E-state index contributed by atoms with van der Waals surface area (Å²) in [6.45, 7) is 1.45. The average molecular weight is 364 g/mol. The van der Waals surface area contributed by atoms with Crippen molar-refractivity contribution < 1.29 is 19.1 Å². The lowest BCUT2D eigenvalue weighted by Gasteiger charge is -2.25. The molecule has 2 atom stereocenters. The van der Waals surface area contributed by atoms with Crippen molar-refractivity contribution in [2.75, 3.05) is 0 Å². The molecule has 27 heavy (non-hydrogen) atoms. The van der Waals surface area contributed by atoms with Crippen LogP contribution in [0.4, 0.5) is 0 Å². The fraction of sp³-hybridized carbons (Fsp3) is 0.286. The molecule has 1 fully saturated rings. The van der Waals surface area contributed by atoms with E-state index >= 15 is 0 Å². The Morgan fingerprint density at radius 1 is 1.19 bits per heavy atom. The number of hydrogen-bond acceptors (Lipinski definition) is 4. The molecule has 1 aromatic heterocycles. The number of nitrogens with zero attached hydrogens (tertiary/aromatic N) is 1. The average Bonchev–Trinajstić information content (AvgIpc) is 3.26. The molecule has 2 aromatic carbocycles. The SMILES string of the molecule is CC(=O)N[C@H]1CC[C@](C(=O)O)(c2ccc(-c3nc4ccccc4o3)cc2)C1. The van der Waals surface area contributed by atoms with E-state index in [1.54, 1.807) is 0 Å². The molecular formula is C21H20N2O4. The Kier molecular flexibility index (Phi) is 4.18. The molecule has 2 N–H and O–H groups in total. The summed E-state index contributed by atoms with van der Waals surface area (Å²) in [4.78, 5) is 27.9. The Morgan fingerprint density at radius 3 is 2.59 bits per heavy atom. The number of aliphatic carboxylic acids is 1. The van der Waals surface area contributed by atoms with Gasteiger partial charge in [0.2, 0.25) is 11.8 Å². The summed E-state index contributed by atoms with van der Waals surface area (Å²) in [6, 6.07) is 14.8. The summed E-state index contributed by atoms with van der Waals surface area (Å²) in [5, 5.41) is 12.8. The molecule has 0 saturated heterocycles. The number of oxazole rings is 1. The lowest BCUT2D eigenvalue weighted by molar-refractivity contribution is -0.143. The van der Waals surface area contributed by atoms with Crippen LogP contribution in [0.5, 0.6) is 0 Å². The van der Waals surface area contributed by atoms with E-state index in [9.17, 15) is 14.7 Å². The predicted octanol–water partition coefficient (Wildman–Crippen LogP) is 3.51. The largest absolute Gasteiger partial charge is 0.481 e. The number of carbonyl (C=O) groups is 2. The molecule has 0 aliphatic heterocycles. The zero-order chi connectivity index (χ0) is 19.0. The number of carboxylic acid groups (broad SMARTS) is 1. The summed E-state index contributed by atoms with van der Waals surface area (Å²) >= 11 is 0. The summed E-state index contributed by atoms with van der Waals surface area (Å²) < 4.78 is 5.78. The van der Waals surface area contributed by atoms with Gasteiger partial charge in [0, 0.05) is 18.5 Å². The number of rotatable bonds is 4. The highest BCUT2D eigenvalue weighted by Gasteiger charge is 2.47. The molecule has 1 aliphatic carbocycles. The van der Waals surface area contributed by atoms with Crippen LogP contribution in [0.2, 0.25) is 0 Å². The van der Waals surface area contributed by atoms with Crippen molar-refractivity contribution in [3.8, 4) is 11.5 Å². The van der Waals surface area contributed by atoms with Crippen molar-refractivity contribution in [3.05, 3.63) is 54.1 Å². The fourth-order valence-corrected chi connectivity index (χ4v) is 3.96. The number of hydrogen-bond donors (Lipinski definition) is 2. The van der Waals surface area contributed by atoms with Crippen LogP contribution < -0.4 is 5.32 Å². The Hall–Kier alpha value is -3.15. The van der Waals surface area contributed by atoms with Crippen molar-refractivity contribution in [3.63, 3.8) is 0 Å². The molecule has 1 amide bonds. The van der Waals surface area contributed by atoms with E-state index in [2.05, 4.69) is 10.3 Å². The number of nitrogens with one attached hydrogen (secondary N) is 1. The third kappa shape index (κ3) is 3.07. The normalized spacial score (nSPS) is 22.0. The van der Waals surface area contributed by atoms with Gasteiger partial charge in [-0.2, -0.15) is 0 Å². The molecule has 6 nitrogen and oxygen atoms in total. The van der Waals surface area contributed by atoms with E-state index in [-0.39, 0.29) is 11.9 Å². The highest BCUT2D eigenvalue weighted by molar-refractivity contribution is 5.83. The molecule has 0 unspecified atom stereocenters. The zero-order valence-corrected chi connectivity index (χ0v) is 14.9. The van der Waals surface area contributed by atoms with Gasteiger partial charge < -0.3 is 14.8 Å². The first-order chi connectivity index (χ1) is 13.0. The highest BCUT2D eigenvalue weighted by Crippen LogP contribution is 2.42. The quantitative estimate of drug-likeness (QED) is 0.739. The molecule has 138 valence electrons. The van der Waals surface area contributed by atoms with Gasteiger partial charge in [-0.15, -0.1) is 0 Å². The van der Waals surface area contributed by atoms with Gasteiger partial charge in [0.1, 0.15) is 5.52 Å². The van der Waals surface area contributed by atoms with Crippen LogP contribution >= 0.6 is 0 Å². The molecular weight excluding hydrogens is 344 g/mol. The maximum atomic E-state index is 12.1. The number of benzene rings is 2. The molecule has 0 radical (unpaired) electrons. The predicted molar refractivity (Wildman–Crippen MR) is 100 cm³/mol. The van der Waals surface area contributed by atoms with Gasteiger partial charge in [0.15, 0.2) is 5.58 Å². The van der Waals surface area contributed by atoms with Crippen LogP contribution in [0, 0.1) is 0 Å². The first-order valence-corrected chi connectivity index (χ1v) is 8.95. The van der Waals surface area contributed by atoms with Gasteiger partial charge in [-0.25, -0.2) is 4.98 Å². The highest BCUT2D eigenvalue weighted by atomic mass is 16.4. The van der Waals surface area contributed by atoms with E-state index in [1.807, 2.05) is 48.5 Å². The Bertz CT molecular complexity index is 975. The van der Waals surface area contributed by atoms with Gasteiger partial charge in [-0.3, -0.25) is 9.59 Å². The summed E-state index contributed by atoms with van der Waals surface area (Å²) in [7, 11) is 0. The Labute approximate surface area is 156 Å². The van der Waals surface area contributed by atoms with Crippen LogP contribution in [0.1, 0.15) is 31.7 Å². The topological polar surface area (TPSA) is 92.4 Å². The van der Waals surface area contributed by atoms with Gasteiger partial charge in [-0.1, -0.05) is 24.3 Å². The van der Waals surface area contributed by atoms with Crippen LogP contribution in [0.3, 0.4) is 0 Å². The Balaban J connectivity index is 1.63. The van der Waals surface area contributed by atoms with Crippen molar-refractivity contribution in [1.29, 1.82) is 0 Å². The van der Waals surface area contributed by atoms with Gasteiger partial charge in [-0.05, 0) is 49.1 Å². The van der Waals surface area contributed by atoms with Crippen molar-refractivity contribution >= 4 is 23.0 Å². The lowest BCUT2D eigenvalue weighted by atomic mass is 9.78. The number of fused-ring (bicyclic) bond motifs is 1. The lowest BCUT2D eigenvalue weighted by Crippen LogP contribution is -2.37. The molecule has 1 heterocycles. The van der Waals surface area contributed by atoms with E-state index in [4.69, 9.17) is 4.42 Å². The minimum atomic E-state index is -0.979. The number of aromatic nitrogens is 1. The molecule has 1 saturated carbocycles. The zero-order valence-electron chi connectivity index (χ0n) is 14.9. The maximum absolute atomic E-state index is 12.1. The second-order valence-electron chi connectivity index (χ2n) is 7.09. The van der Waals surface area contributed by atoms with Crippen LogP contribution in [-0.4, -0.2) is 28.0 Å². The third-order valence-electron chi connectivity index (χ3n) is 5.31. The van der Waals surface area contributed by atoms with E-state index < -0.39 is 11.4 Å². The minimum Gasteiger partial charge on any atom is -0.481 e. The number of carbonyl (C=O) groups excluding carboxylic acids is 1. The molecule has 0 spiro atoms. The Morgan fingerprint density at radius 2 is 1.93 bits per heavy atom. The van der Waals surface area contributed by atoms with Gasteiger partial charge in [0.05, 0.1) is 5.41 Å². The summed E-state index contributed by atoms with van der Waals surface area (Å²) in [5.74, 6) is -0.480. The van der Waals surface area contributed by atoms with E-state index in [0.717, 1.165) is 16.6 Å². The minimum absolute atomic E-state index is 0.115. The van der Waals surface area contributed by atoms with Crippen molar-refractivity contribution in [1.82, 2.24) is 10.3 Å². The first-order valence-electron chi connectivity index (χ1n) is 8.95. The van der Waals surface area contributed by atoms with Gasteiger partial charge >= 0.3 is 5.97 Å². The third-order valence-corrected chi connectivity index (χ3v) is 5.31. The molecule has 1 aliphatic rings. The summed E-state index contributed by atoms with van der Waals surface area (Å²) in [6.07, 6.45) is 1.54. The van der Waals surface area contributed by atoms with Crippen LogP contribution in [0.25, 0.3) is 22.6 Å². The number of para-hydroxylation sites is 2. The smallest absolute Gasteiger partial charge is 0.314 e. The fourth-order valence-electron chi connectivity index (χ4n) is 3.96. The molecule has 0 bridgehead atoms. The molecule has 3 aromatic rings. The number of carboxylic acids is 1. The second-order valence-corrected chi connectivity index (χ2v) is 7.09. The first kappa shape index (κ1) is 17.3. The second kappa shape index (κ2) is 6.54.